The topological polar surface area (TPSA) is 103 Å². The Balaban J connectivity index is 1.26. The van der Waals surface area contributed by atoms with Crippen molar-refractivity contribution in [2.24, 2.45) is 0 Å². The van der Waals surface area contributed by atoms with Gasteiger partial charge in [-0.2, -0.15) is 5.10 Å². The van der Waals surface area contributed by atoms with Crippen molar-refractivity contribution in [2.45, 2.75) is 58.0 Å². The highest BCUT2D eigenvalue weighted by Gasteiger charge is 2.29. The Hall–Kier alpha value is -4.79. The van der Waals surface area contributed by atoms with E-state index in [-0.39, 0.29) is 18.3 Å². The summed E-state index contributed by atoms with van der Waals surface area (Å²) >= 11 is 0. The van der Waals surface area contributed by atoms with Gasteiger partial charge in [-0.25, -0.2) is 14.3 Å². The number of hydrogen-bond acceptors (Lipinski definition) is 6. The predicted octanol–water partition coefficient (Wildman–Crippen LogP) is 7.21. The first kappa shape index (κ1) is 30.2. The lowest BCUT2D eigenvalue weighted by Crippen LogP contribution is -2.36. The van der Waals surface area contributed by atoms with E-state index < -0.39 is 12.1 Å². The molecule has 2 heterocycles. The van der Waals surface area contributed by atoms with E-state index in [1.54, 1.807) is 11.6 Å². The van der Waals surface area contributed by atoms with Crippen LogP contribution >= 0.6 is 0 Å². The summed E-state index contributed by atoms with van der Waals surface area (Å²) in [5, 5.41) is 13.8. The van der Waals surface area contributed by atoms with Crippen LogP contribution in [-0.4, -0.2) is 58.7 Å². The summed E-state index contributed by atoms with van der Waals surface area (Å²) in [5.74, 6) is 1.07. The highest BCUT2D eigenvalue weighted by atomic mass is 16.5. The van der Waals surface area contributed by atoms with Crippen LogP contribution in [0.2, 0.25) is 0 Å². The Morgan fingerprint density at radius 2 is 1.80 bits per heavy atom. The molecule has 6 rings (SSSR count). The van der Waals surface area contributed by atoms with E-state index >= 15 is 0 Å². The highest BCUT2D eigenvalue weighted by molar-refractivity contribution is 5.92. The van der Waals surface area contributed by atoms with E-state index in [0.717, 1.165) is 54.7 Å². The van der Waals surface area contributed by atoms with Crippen molar-refractivity contribution in [3.8, 4) is 28.4 Å². The van der Waals surface area contributed by atoms with Crippen molar-refractivity contribution < 1.29 is 28.9 Å². The Morgan fingerprint density at radius 3 is 2.53 bits per heavy atom. The van der Waals surface area contributed by atoms with Gasteiger partial charge in [-0.3, -0.25) is 0 Å². The summed E-state index contributed by atoms with van der Waals surface area (Å²) in [7, 11) is 1.52. The Morgan fingerprint density at radius 1 is 1.00 bits per heavy atom. The van der Waals surface area contributed by atoms with Crippen molar-refractivity contribution in [3.63, 3.8) is 0 Å². The number of carboxylic acid groups (broad SMARTS) is 1. The monoisotopic (exact) mass is 609 g/mol. The lowest BCUT2D eigenvalue weighted by molar-refractivity contribution is 0.0522. The lowest BCUT2D eigenvalue weighted by Gasteiger charge is -2.31. The number of nitrogens with zero attached hydrogens (tertiary/aromatic N) is 3. The highest BCUT2D eigenvalue weighted by Crippen LogP contribution is 2.42. The number of aryl methyl sites for hydroxylation is 2. The van der Waals surface area contributed by atoms with Gasteiger partial charge in [-0.15, -0.1) is 0 Å². The zero-order valence-corrected chi connectivity index (χ0v) is 26.0. The Kier molecular flexibility index (Phi) is 8.78. The van der Waals surface area contributed by atoms with E-state index in [1.165, 1.54) is 40.5 Å². The third-order valence-electron chi connectivity index (χ3n) is 8.99. The van der Waals surface area contributed by atoms with Crippen LogP contribution in [0.15, 0.2) is 66.9 Å². The number of piperidine rings is 1. The average molecular weight is 610 g/mol. The fourth-order valence-electron chi connectivity index (χ4n) is 6.79. The van der Waals surface area contributed by atoms with Crippen molar-refractivity contribution in [2.75, 3.05) is 26.8 Å². The van der Waals surface area contributed by atoms with Crippen molar-refractivity contribution in [3.05, 3.63) is 94.7 Å². The Bertz CT molecular complexity index is 1700. The molecule has 1 aliphatic carbocycles. The second kappa shape index (κ2) is 13.1. The molecular weight excluding hydrogens is 570 g/mol. The molecule has 1 N–H and O–H groups in total. The van der Waals surface area contributed by atoms with Crippen LogP contribution in [0.4, 0.5) is 4.79 Å². The quantitative estimate of drug-likeness (QED) is 0.200. The first-order chi connectivity index (χ1) is 21.9. The third kappa shape index (κ3) is 5.99. The standard InChI is InChI=1S/C36H39N3O6/c1-4-23-21-28(13-14-29(23)24-16-18-38(19-17-24)36(41)42)45-32-15-12-25-8-7-11-30(33(25)32)26-9-6-10-27(20-26)39-34(43-3)31(22-37-39)35(40)44-5-2/h6-11,13-14,20-22,24,32H,4-5,12,15-19H2,1-3H3,(H,41,42). The molecule has 1 aliphatic heterocycles. The van der Waals surface area contributed by atoms with Gasteiger partial charge in [-0.05, 0) is 97.0 Å². The number of rotatable bonds is 9. The van der Waals surface area contributed by atoms with Gasteiger partial charge in [-0.1, -0.05) is 43.3 Å². The molecule has 1 unspecified atom stereocenters. The number of benzene rings is 3. The lowest BCUT2D eigenvalue weighted by atomic mass is 9.86. The summed E-state index contributed by atoms with van der Waals surface area (Å²) < 4.78 is 19.1. The van der Waals surface area contributed by atoms with E-state index in [2.05, 4.69) is 60.6 Å². The van der Waals surface area contributed by atoms with Crippen LogP contribution in [0.3, 0.4) is 0 Å². The largest absolute Gasteiger partial charge is 0.486 e. The number of amides is 1. The Labute approximate surface area is 263 Å². The summed E-state index contributed by atoms with van der Waals surface area (Å²) in [4.78, 5) is 25.3. The zero-order valence-electron chi connectivity index (χ0n) is 26.0. The van der Waals surface area contributed by atoms with Gasteiger partial charge >= 0.3 is 12.1 Å². The summed E-state index contributed by atoms with van der Waals surface area (Å²) in [6.07, 6.45) is 4.94. The van der Waals surface area contributed by atoms with Crippen molar-refractivity contribution in [1.29, 1.82) is 0 Å². The van der Waals surface area contributed by atoms with Crippen LogP contribution < -0.4 is 9.47 Å². The summed E-state index contributed by atoms with van der Waals surface area (Å²) in [6, 6.07) is 20.9. The molecule has 2 aliphatic rings. The van der Waals surface area contributed by atoms with E-state index in [9.17, 15) is 14.7 Å². The van der Waals surface area contributed by atoms with Gasteiger partial charge < -0.3 is 24.2 Å². The second-order valence-electron chi connectivity index (χ2n) is 11.5. The summed E-state index contributed by atoms with van der Waals surface area (Å²) in [5.41, 5.74) is 8.21. The molecule has 9 heteroatoms. The molecule has 1 atom stereocenters. The maximum atomic E-state index is 12.5. The smallest absolute Gasteiger partial charge is 0.407 e. The van der Waals surface area contributed by atoms with E-state index in [0.29, 0.717) is 24.9 Å². The zero-order chi connectivity index (χ0) is 31.5. The molecule has 4 aromatic rings. The molecule has 0 radical (unpaired) electrons. The molecule has 9 nitrogen and oxygen atoms in total. The molecule has 1 fully saturated rings. The molecule has 1 aromatic heterocycles. The fraction of sp³-hybridized carbons (Fsp3) is 0.361. The first-order valence-corrected chi connectivity index (χ1v) is 15.7. The van der Waals surface area contributed by atoms with Crippen LogP contribution in [-0.2, 0) is 17.6 Å². The predicted molar refractivity (Wildman–Crippen MR) is 171 cm³/mol. The molecule has 1 saturated heterocycles. The number of ether oxygens (including phenoxy) is 3. The maximum absolute atomic E-state index is 12.5. The number of likely N-dealkylation sites (tertiary alicyclic amines) is 1. The van der Waals surface area contributed by atoms with Gasteiger partial charge in [0.25, 0.3) is 0 Å². The maximum Gasteiger partial charge on any atom is 0.407 e. The van der Waals surface area contributed by atoms with Gasteiger partial charge in [0, 0.05) is 18.7 Å². The minimum Gasteiger partial charge on any atom is -0.486 e. The van der Waals surface area contributed by atoms with Gasteiger partial charge in [0.15, 0.2) is 0 Å². The van der Waals surface area contributed by atoms with Gasteiger partial charge in [0.05, 0.1) is 25.6 Å². The molecule has 0 saturated carbocycles. The number of aromatic nitrogens is 2. The SMILES string of the molecule is CCOC(=O)c1cnn(-c2cccc(-c3cccc4c3C(Oc3ccc(C5CCN(C(=O)O)CC5)c(CC)c3)CC4)c2)c1OC. The summed E-state index contributed by atoms with van der Waals surface area (Å²) in [6.45, 7) is 5.34. The van der Waals surface area contributed by atoms with Crippen molar-refractivity contribution >= 4 is 12.1 Å². The fourth-order valence-corrected chi connectivity index (χ4v) is 6.79. The number of carbonyl (C=O) groups is 2. The van der Waals surface area contributed by atoms with Crippen molar-refractivity contribution in [1.82, 2.24) is 14.7 Å². The van der Waals surface area contributed by atoms with E-state index in [4.69, 9.17) is 14.2 Å². The normalized spacial score (nSPS) is 16.3. The number of esters is 1. The number of fused-ring (bicyclic) bond motifs is 1. The molecule has 0 bridgehead atoms. The molecule has 1 amide bonds. The molecular formula is C36H39N3O6. The molecule has 45 heavy (non-hydrogen) atoms. The first-order valence-electron chi connectivity index (χ1n) is 15.7. The van der Waals surface area contributed by atoms with Crippen LogP contribution in [0, 0.1) is 0 Å². The minimum absolute atomic E-state index is 0.0936. The van der Waals surface area contributed by atoms with Crippen LogP contribution in [0.5, 0.6) is 11.6 Å². The average Bonchev–Trinajstić information content (AvgIpc) is 3.69. The van der Waals surface area contributed by atoms with Gasteiger partial charge in [0.1, 0.15) is 17.4 Å². The third-order valence-corrected chi connectivity index (χ3v) is 8.99. The number of methoxy groups -OCH3 is 1. The number of hydrogen-bond donors (Lipinski definition) is 1. The minimum atomic E-state index is -0.833. The second-order valence-corrected chi connectivity index (χ2v) is 11.5. The molecule has 3 aromatic carbocycles. The molecule has 0 spiro atoms. The van der Waals surface area contributed by atoms with E-state index in [1.807, 2.05) is 12.1 Å². The number of carbonyl (C=O) groups excluding carboxylic acids is 1. The molecule has 234 valence electrons. The van der Waals surface area contributed by atoms with Gasteiger partial charge in [0.2, 0.25) is 5.88 Å². The van der Waals surface area contributed by atoms with Crippen LogP contribution in [0.1, 0.15) is 77.7 Å². The van der Waals surface area contributed by atoms with Crippen LogP contribution in [0.25, 0.3) is 16.8 Å².